The average molecular weight is 368 g/mol. The Bertz CT molecular complexity index is 558. The lowest BCUT2D eigenvalue weighted by Crippen LogP contribution is -2.37. The van der Waals surface area contributed by atoms with E-state index in [1.54, 1.807) is 4.90 Å². The lowest BCUT2D eigenvalue weighted by molar-refractivity contribution is -0.143. The highest BCUT2D eigenvalue weighted by Crippen LogP contribution is 2.35. The van der Waals surface area contributed by atoms with Gasteiger partial charge in [0.25, 0.3) is 0 Å². The van der Waals surface area contributed by atoms with Crippen LogP contribution in [0, 0.1) is 0 Å². The van der Waals surface area contributed by atoms with E-state index in [1.165, 1.54) is 0 Å². The van der Waals surface area contributed by atoms with Crippen molar-refractivity contribution in [3.8, 4) is 0 Å². The zero-order valence-corrected chi connectivity index (χ0v) is 16.7. The number of anilines is 1. The molecule has 0 unspecified atom stereocenters. The molecule has 0 spiro atoms. The van der Waals surface area contributed by atoms with Crippen molar-refractivity contribution in [2.75, 3.05) is 23.9 Å². The second-order valence-electron chi connectivity index (χ2n) is 6.74. The normalized spacial score (nSPS) is 11.0. The molecule has 0 aliphatic heterocycles. The Kier molecular flexibility index (Phi) is 8.98. The molecule has 0 aliphatic carbocycles. The van der Waals surface area contributed by atoms with E-state index >= 15 is 0 Å². The number of alkyl halides is 1. The van der Waals surface area contributed by atoms with Gasteiger partial charge < -0.3 is 9.64 Å². The first-order valence-corrected chi connectivity index (χ1v) is 9.51. The second-order valence-corrected chi connectivity index (χ2v) is 7.01. The summed E-state index contributed by atoms with van der Waals surface area (Å²) in [5.74, 6) is 0.0153. The maximum atomic E-state index is 12.5. The number of rotatable bonds is 9. The molecule has 0 heterocycles. The van der Waals surface area contributed by atoms with Gasteiger partial charge in [0, 0.05) is 6.42 Å². The molecule has 1 aromatic carbocycles. The molecule has 0 aliphatic rings. The molecule has 0 N–H and O–H groups in total. The standard InChI is InChI=1S/C20H30ClNO3/c1-6-8-19(24)25-12-11-22(18(23)13-21)20-16(14(2)3)9-7-10-17(20)15(4)5/h7,9-10,14-15H,6,8,11-13H2,1-5H3. The summed E-state index contributed by atoms with van der Waals surface area (Å²) in [5, 5.41) is 0. The van der Waals surface area contributed by atoms with E-state index in [-0.39, 0.29) is 36.2 Å². The van der Waals surface area contributed by atoms with Gasteiger partial charge in [-0.1, -0.05) is 52.8 Å². The van der Waals surface area contributed by atoms with E-state index in [0.29, 0.717) is 13.0 Å². The highest BCUT2D eigenvalue weighted by molar-refractivity contribution is 6.29. The number of carbonyl (C=O) groups excluding carboxylic acids is 2. The van der Waals surface area contributed by atoms with Gasteiger partial charge in [0.05, 0.1) is 12.2 Å². The molecule has 1 rings (SSSR count). The number of hydrogen-bond donors (Lipinski definition) is 0. The molecule has 0 saturated carbocycles. The van der Waals surface area contributed by atoms with Crippen molar-refractivity contribution in [3.63, 3.8) is 0 Å². The average Bonchev–Trinajstić information content (AvgIpc) is 2.57. The smallest absolute Gasteiger partial charge is 0.305 e. The maximum absolute atomic E-state index is 12.5. The molecule has 0 atom stereocenters. The predicted molar refractivity (Wildman–Crippen MR) is 104 cm³/mol. The highest BCUT2D eigenvalue weighted by Gasteiger charge is 2.23. The van der Waals surface area contributed by atoms with Crippen LogP contribution in [0.3, 0.4) is 0 Å². The molecule has 0 radical (unpaired) electrons. The summed E-state index contributed by atoms with van der Waals surface area (Å²) in [7, 11) is 0. The van der Waals surface area contributed by atoms with Crippen LogP contribution in [0.1, 0.15) is 70.4 Å². The minimum Gasteiger partial charge on any atom is -0.464 e. The van der Waals surface area contributed by atoms with Gasteiger partial charge in [-0.2, -0.15) is 0 Å². The van der Waals surface area contributed by atoms with Gasteiger partial charge >= 0.3 is 5.97 Å². The van der Waals surface area contributed by atoms with Gasteiger partial charge in [0.1, 0.15) is 12.5 Å². The fourth-order valence-corrected chi connectivity index (χ4v) is 2.93. The number of para-hydroxylation sites is 1. The van der Waals surface area contributed by atoms with Gasteiger partial charge in [-0.3, -0.25) is 9.59 Å². The van der Waals surface area contributed by atoms with Crippen molar-refractivity contribution in [2.24, 2.45) is 0 Å². The Morgan fingerprint density at radius 3 is 2.12 bits per heavy atom. The van der Waals surface area contributed by atoms with Crippen LogP contribution < -0.4 is 4.90 Å². The molecular weight excluding hydrogens is 338 g/mol. The van der Waals surface area contributed by atoms with Crippen LogP contribution in [-0.4, -0.2) is 30.9 Å². The molecule has 140 valence electrons. The molecule has 0 aromatic heterocycles. The fourth-order valence-electron chi connectivity index (χ4n) is 2.78. The van der Waals surface area contributed by atoms with Crippen molar-refractivity contribution in [2.45, 2.75) is 59.3 Å². The quantitative estimate of drug-likeness (QED) is 0.463. The van der Waals surface area contributed by atoms with Gasteiger partial charge in [0.15, 0.2) is 0 Å². The summed E-state index contributed by atoms with van der Waals surface area (Å²) in [4.78, 5) is 25.8. The van der Waals surface area contributed by atoms with Crippen molar-refractivity contribution < 1.29 is 14.3 Å². The topological polar surface area (TPSA) is 46.6 Å². The third-order valence-electron chi connectivity index (χ3n) is 4.06. The summed E-state index contributed by atoms with van der Waals surface area (Å²) in [6, 6.07) is 6.12. The fraction of sp³-hybridized carbons (Fsp3) is 0.600. The van der Waals surface area contributed by atoms with E-state index in [0.717, 1.165) is 23.2 Å². The number of ether oxygens (including phenoxy) is 1. The third-order valence-corrected chi connectivity index (χ3v) is 4.29. The number of carbonyl (C=O) groups is 2. The molecule has 4 nitrogen and oxygen atoms in total. The molecule has 1 aromatic rings. The number of amides is 1. The van der Waals surface area contributed by atoms with Crippen molar-refractivity contribution in [3.05, 3.63) is 29.3 Å². The maximum Gasteiger partial charge on any atom is 0.305 e. The highest BCUT2D eigenvalue weighted by atomic mass is 35.5. The summed E-state index contributed by atoms with van der Waals surface area (Å²) in [6.45, 7) is 10.8. The van der Waals surface area contributed by atoms with Crippen LogP contribution in [0.2, 0.25) is 0 Å². The Morgan fingerprint density at radius 2 is 1.68 bits per heavy atom. The van der Waals surface area contributed by atoms with Crippen molar-refractivity contribution in [1.82, 2.24) is 0 Å². The van der Waals surface area contributed by atoms with E-state index in [4.69, 9.17) is 16.3 Å². The van der Waals surface area contributed by atoms with Crippen molar-refractivity contribution >= 4 is 29.2 Å². The molecule has 1 amide bonds. The van der Waals surface area contributed by atoms with E-state index in [9.17, 15) is 9.59 Å². The number of halogens is 1. The second kappa shape index (κ2) is 10.4. The third kappa shape index (κ3) is 6.03. The molecule has 5 heteroatoms. The lowest BCUT2D eigenvalue weighted by atomic mass is 9.92. The zero-order chi connectivity index (χ0) is 19.0. The Morgan fingerprint density at radius 1 is 1.12 bits per heavy atom. The zero-order valence-electron chi connectivity index (χ0n) is 16.0. The number of nitrogens with zero attached hydrogens (tertiary/aromatic N) is 1. The van der Waals surface area contributed by atoms with Gasteiger partial charge in [0.2, 0.25) is 5.91 Å². The number of esters is 1. The molecule has 0 fully saturated rings. The molecule has 0 bridgehead atoms. The Hall–Kier alpha value is -1.55. The SMILES string of the molecule is CCCC(=O)OCCN(C(=O)CCl)c1c(C(C)C)cccc1C(C)C. The largest absolute Gasteiger partial charge is 0.464 e. The van der Waals surface area contributed by atoms with Crippen LogP contribution in [0.5, 0.6) is 0 Å². The Balaban J connectivity index is 3.18. The van der Waals surface area contributed by atoms with Crippen LogP contribution in [0.4, 0.5) is 5.69 Å². The van der Waals surface area contributed by atoms with E-state index in [2.05, 4.69) is 27.7 Å². The molecule has 0 saturated heterocycles. The van der Waals surface area contributed by atoms with Crippen LogP contribution in [0.15, 0.2) is 18.2 Å². The summed E-state index contributed by atoms with van der Waals surface area (Å²) in [5.41, 5.74) is 3.11. The number of hydrogen-bond acceptors (Lipinski definition) is 3. The van der Waals surface area contributed by atoms with Crippen LogP contribution in [0.25, 0.3) is 0 Å². The van der Waals surface area contributed by atoms with Gasteiger partial charge in [-0.25, -0.2) is 0 Å². The monoisotopic (exact) mass is 367 g/mol. The van der Waals surface area contributed by atoms with E-state index in [1.807, 2.05) is 25.1 Å². The van der Waals surface area contributed by atoms with E-state index < -0.39 is 0 Å². The lowest BCUT2D eigenvalue weighted by Gasteiger charge is -2.29. The van der Waals surface area contributed by atoms with Crippen LogP contribution in [-0.2, 0) is 14.3 Å². The van der Waals surface area contributed by atoms with Crippen molar-refractivity contribution in [1.29, 1.82) is 0 Å². The van der Waals surface area contributed by atoms with Crippen LogP contribution >= 0.6 is 11.6 Å². The summed E-state index contributed by atoms with van der Waals surface area (Å²) in [6.07, 6.45) is 1.14. The predicted octanol–water partition coefficient (Wildman–Crippen LogP) is 4.85. The minimum atomic E-state index is -0.234. The first kappa shape index (κ1) is 21.5. The summed E-state index contributed by atoms with van der Waals surface area (Å²) < 4.78 is 5.25. The summed E-state index contributed by atoms with van der Waals surface area (Å²) >= 11 is 5.85. The van der Waals surface area contributed by atoms with Gasteiger partial charge in [-0.05, 0) is 29.4 Å². The van der Waals surface area contributed by atoms with Gasteiger partial charge in [-0.15, -0.1) is 11.6 Å². The first-order chi connectivity index (χ1) is 11.8. The first-order valence-electron chi connectivity index (χ1n) is 8.98. The molecular formula is C20H30ClNO3. The number of benzene rings is 1. The minimum absolute atomic E-state index is 0.104. The Labute approximate surface area is 156 Å². The molecule has 25 heavy (non-hydrogen) atoms.